The summed E-state index contributed by atoms with van der Waals surface area (Å²) >= 11 is 3.19. The molecule has 0 fully saturated rings. The molecule has 2 rings (SSSR count). The summed E-state index contributed by atoms with van der Waals surface area (Å²) in [6, 6.07) is 13.6. The minimum Gasteiger partial charge on any atom is -0.445 e. The maximum absolute atomic E-state index is 13.8. The molecule has 0 spiro atoms. The van der Waals surface area contributed by atoms with Gasteiger partial charge in [0, 0.05) is 10.0 Å². The predicted molar refractivity (Wildman–Crippen MR) is 82.3 cm³/mol. The molecule has 1 atom stereocenters. The van der Waals surface area contributed by atoms with Gasteiger partial charge in [0.1, 0.15) is 12.4 Å². The average molecular weight is 352 g/mol. The van der Waals surface area contributed by atoms with E-state index in [1.54, 1.807) is 19.1 Å². The summed E-state index contributed by atoms with van der Waals surface area (Å²) in [6.45, 7) is 1.89. The van der Waals surface area contributed by atoms with Crippen LogP contribution in [0.1, 0.15) is 24.1 Å². The molecular formula is C16H15BrFNO2. The number of ether oxygens (including phenoxy) is 1. The van der Waals surface area contributed by atoms with Crippen molar-refractivity contribution in [3.05, 3.63) is 69.9 Å². The molecule has 2 aromatic rings. The number of benzene rings is 2. The van der Waals surface area contributed by atoms with Gasteiger partial charge in [0.05, 0.1) is 6.04 Å². The maximum Gasteiger partial charge on any atom is 0.407 e. The Kier molecular flexibility index (Phi) is 5.33. The van der Waals surface area contributed by atoms with E-state index in [0.717, 1.165) is 5.56 Å². The summed E-state index contributed by atoms with van der Waals surface area (Å²) in [5, 5.41) is 2.61. The fraction of sp³-hybridized carbons (Fsp3) is 0.188. The molecule has 0 aliphatic carbocycles. The molecule has 0 saturated carbocycles. The van der Waals surface area contributed by atoms with Crippen molar-refractivity contribution in [2.75, 3.05) is 0 Å². The van der Waals surface area contributed by atoms with Crippen LogP contribution in [0.4, 0.5) is 9.18 Å². The zero-order valence-electron chi connectivity index (χ0n) is 11.5. The van der Waals surface area contributed by atoms with Gasteiger partial charge in [-0.05, 0) is 24.6 Å². The molecule has 110 valence electrons. The zero-order valence-corrected chi connectivity index (χ0v) is 13.1. The number of amides is 1. The molecule has 0 radical (unpaired) electrons. The lowest BCUT2D eigenvalue weighted by Crippen LogP contribution is -2.27. The normalized spacial score (nSPS) is 11.8. The van der Waals surface area contributed by atoms with Crippen molar-refractivity contribution in [3.8, 4) is 0 Å². The molecule has 0 bridgehead atoms. The van der Waals surface area contributed by atoms with Gasteiger partial charge in [-0.3, -0.25) is 0 Å². The number of carbonyl (C=O) groups excluding carboxylic acids is 1. The Labute approximate surface area is 131 Å². The molecule has 0 saturated heterocycles. The van der Waals surface area contributed by atoms with Gasteiger partial charge in [0.15, 0.2) is 0 Å². The summed E-state index contributed by atoms with van der Waals surface area (Å²) in [6.07, 6.45) is -0.575. The van der Waals surface area contributed by atoms with E-state index in [9.17, 15) is 9.18 Å². The minimum absolute atomic E-state index is 0.183. The quantitative estimate of drug-likeness (QED) is 0.875. The first-order valence-electron chi connectivity index (χ1n) is 6.48. The Morgan fingerprint density at radius 3 is 2.67 bits per heavy atom. The molecule has 0 aromatic heterocycles. The van der Waals surface area contributed by atoms with Gasteiger partial charge in [-0.2, -0.15) is 0 Å². The highest BCUT2D eigenvalue weighted by Gasteiger charge is 2.14. The number of hydrogen-bond acceptors (Lipinski definition) is 2. The zero-order chi connectivity index (χ0) is 15.2. The molecule has 5 heteroatoms. The minimum atomic E-state index is -0.575. The van der Waals surface area contributed by atoms with Crippen LogP contribution in [0, 0.1) is 5.82 Å². The fourth-order valence-electron chi connectivity index (χ4n) is 1.87. The van der Waals surface area contributed by atoms with E-state index in [2.05, 4.69) is 21.2 Å². The van der Waals surface area contributed by atoms with E-state index in [4.69, 9.17) is 4.74 Å². The van der Waals surface area contributed by atoms with E-state index >= 15 is 0 Å². The third kappa shape index (κ3) is 4.56. The smallest absolute Gasteiger partial charge is 0.407 e. The highest BCUT2D eigenvalue weighted by atomic mass is 79.9. The summed E-state index contributed by atoms with van der Waals surface area (Å²) < 4.78 is 19.5. The Hall–Kier alpha value is -1.88. The van der Waals surface area contributed by atoms with Gasteiger partial charge in [-0.25, -0.2) is 9.18 Å². The second-order valence-corrected chi connectivity index (χ2v) is 5.51. The van der Waals surface area contributed by atoms with E-state index in [1.165, 1.54) is 6.07 Å². The van der Waals surface area contributed by atoms with Crippen molar-refractivity contribution in [3.63, 3.8) is 0 Å². The number of carbonyl (C=O) groups is 1. The lowest BCUT2D eigenvalue weighted by Gasteiger charge is -2.15. The molecular weight excluding hydrogens is 337 g/mol. The van der Waals surface area contributed by atoms with E-state index in [0.29, 0.717) is 10.0 Å². The lowest BCUT2D eigenvalue weighted by molar-refractivity contribution is 0.136. The largest absolute Gasteiger partial charge is 0.445 e. The standard InChI is InChI=1S/C16H15BrFNO2/c1-11(14-8-7-13(17)9-15(14)18)19-16(20)21-10-12-5-3-2-4-6-12/h2-9,11H,10H2,1H3,(H,19,20)/t11-/m1/s1. The van der Waals surface area contributed by atoms with Crippen molar-refractivity contribution >= 4 is 22.0 Å². The van der Waals surface area contributed by atoms with Crippen LogP contribution in [0.2, 0.25) is 0 Å². The summed E-state index contributed by atoms with van der Waals surface area (Å²) in [7, 11) is 0. The van der Waals surface area contributed by atoms with Gasteiger partial charge >= 0.3 is 6.09 Å². The Balaban J connectivity index is 1.90. The van der Waals surface area contributed by atoms with Crippen LogP contribution in [0.15, 0.2) is 53.0 Å². The molecule has 1 amide bonds. The Morgan fingerprint density at radius 1 is 1.29 bits per heavy atom. The lowest BCUT2D eigenvalue weighted by atomic mass is 10.1. The Morgan fingerprint density at radius 2 is 2.00 bits per heavy atom. The van der Waals surface area contributed by atoms with Gasteiger partial charge in [-0.1, -0.05) is 52.3 Å². The summed E-state index contributed by atoms with van der Waals surface area (Å²) in [5.41, 5.74) is 1.31. The number of nitrogens with one attached hydrogen (secondary N) is 1. The van der Waals surface area contributed by atoms with Crippen molar-refractivity contribution in [2.45, 2.75) is 19.6 Å². The second-order valence-electron chi connectivity index (χ2n) is 4.59. The molecule has 0 aliphatic heterocycles. The molecule has 3 nitrogen and oxygen atoms in total. The molecule has 2 aromatic carbocycles. The number of hydrogen-bond donors (Lipinski definition) is 1. The summed E-state index contributed by atoms with van der Waals surface area (Å²) in [4.78, 5) is 11.7. The van der Waals surface area contributed by atoms with Gasteiger partial charge in [0.2, 0.25) is 0 Å². The van der Waals surface area contributed by atoms with Crippen LogP contribution in [-0.4, -0.2) is 6.09 Å². The van der Waals surface area contributed by atoms with E-state index < -0.39 is 12.1 Å². The third-order valence-electron chi connectivity index (χ3n) is 2.98. The highest BCUT2D eigenvalue weighted by molar-refractivity contribution is 9.10. The molecule has 21 heavy (non-hydrogen) atoms. The maximum atomic E-state index is 13.8. The number of halogens is 2. The number of rotatable bonds is 4. The van der Waals surface area contributed by atoms with Crippen LogP contribution in [0.5, 0.6) is 0 Å². The third-order valence-corrected chi connectivity index (χ3v) is 3.47. The monoisotopic (exact) mass is 351 g/mol. The molecule has 1 N–H and O–H groups in total. The average Bonchev–Trinajstić information content (AvgIpc) is 2.46. The Bertz CT molecular complexity index is 619. The summed E-state index contributed by atoms with van der Waals surface area (Å²) in [5.74, 6) is -0.375. The first kappa shape index (κ1) is 15.5. The molecule has 0 heterocycles. The predicted octanol–water partition coefficient (Wildman–Crippen LogP) is 4.58. The van der Waals surface area contributed by atoms with E-state index in [1.807, 2.05) is 30.3 Å². The first-order chi connectivity index (χ1) is 10.1. The van der Waals surface area contributed by atoms with Crippen LogP contribution in [0.3, 0.4) is 0 Å². The SMILES string of the molecule is C[C@@H](NC(=O)OCc1ccccc1)c1ccc(Br)cc1F. The molecule has 0 unspecified atom stereocenters. The van der Waals surface area contributed by atoms with Crippen molar-refractivity contribution in [1.82, 2.24) is 5.32 Å². The second kappa shape index (κ2) is 7.22. The van der Waals surface area contributed by atoms with Crippen LogP contribution in [-0.2, 0) is 11.3 Å². The van der Waals surface area contributed by atoms with Crippen molar-refractivity contribution in [1.29, 1.82) is 0 Å². The number of alkyl carbamates (subject to hydrolysis) is 1. The topological polar surface area (TPSA) is 38.3 Å². The van der Waals surface area contributed by atoms with Crippen molar-refractivity contribution < 1.29 is 13.9 Å². The van der Waals surface area contributed by atoms with E-state index in [-0.39, 0.29) is 12.4 Å². The highest BCUT2D eigenvalue weighted by Crippen LogP contribution is 2.20. The molecule has 0 aliphatic rings. The van der Waals surface area contributed by atoms with Gasteiger partial charge in [-0.15, -0.1) is 0 Å². The van der Waals surface area contributed by atoms with Crippen LogP contribution >= 0.6 is 15.9 Å². The van der Waals surface area contributed by atoms with Crippen LogP contribution in [0.25, 0.3) is 0 Å². The fourth-order valence-corrected chi connectivity index (χ4v) is 2.21. The first-order valence-corrected chi connectivity index (χ1v) is 7.27. The van der Waals surface area contributed by atoms with Crippen LogP contribution < -0.4 is 5.32 Å². The van der Waals surface area contributed by atoms with Gasteiger partial charge in [0.25, 0.3) is 0 Å². The van der Waals surface area contributed by atoms with Gasteiger partial charge < -0.3 is 10.1 Å². The van der Waals surface area contributed by atoms with Crippen molar-refractivity contribution in [2.24, 2.45) is 0 Å².